The van der Waals surface area contributed by atoms with Crippen molar-refractivity contribution in [3.05, 3.63) is 29.8 Å². The number of nitrogens with one attached hydrogen (secondary N) is 1. The lowest BCUT2D eigenvalue weighted by molar-refractivity contribution is 0.0544. The second kappa shape index (κ2) is 6.28. The topological polar surface area (TPSA) is 66.5 Å². The van der Waals surface area contributed by atoms with Gasteiger partial charge >= 0.3 is 0 Å². The van der Waals surface area contributed by atoms with Crippen molar-refractivity contribution in [3.8, 4) is 0 Å². The van der Waals surface area contributed by atoms with Gasteiger partial charge in [0.2, 0.25) is 10.0 Å². The second-order valence-electron chi connectivity index (χ2n) is 6.41. The quantitative estimate of drug-likeness (QED) is 0.926. The molecule has 5 nitrogen and oxygen atoms in total. The number of sulfonamides is 1. The number of amides is 1. The van der Waals surface area contributed by atoms with Crippen molar-refractivity contribution < 1.29 is 13.2 Å². The molecule has 0 aliphatic carbocycles. The van der Waals surface area contributed by atoms with Crippen molar-refractivity contribution in [1.82, 2.24) is 4.90 Å². The van der Waals surface area contributed by atoms with Gasteiger partial charge in [-0.3, -0.25) is 9.52 Å². The molecule has 0 saturated carbocycles. The zero-order valence-electron chi connectivity index (χ0n) is 13.4. The molecule has 1 saturated heterocycles. The number of benzene rings is 1. The van der Waals surface area contributed by atoms with Gasteiger partial charge in [-0.2, -0.15) is 0 Å². The molecular formula is C16H24N2O3S. The minimum absolute atomic E-state index is 0.105. The van der Waals surface area contributed by atoms with Crippen molar-refractivity contribution in [3.63, 3.8) is 0 Å². The van der Waals surface area contributed by atoms with Crippen molar-refractivity contribution in [1.29, 1.82) is 0 Å². The van der Waals surface area contributed by atoms with Crippen LogP contribution in [0.5, 0.6) is 0 Å². The molecule has 1 aliphatic heterocycles. The van der Waals surface area contributed by atoms with Gasteiger partial charge in [0, 0.05) is 13.1 Å². The van der Waals surface area contributed by atoms with Gasteiger partial charge in [0.05, 0.1) is 17.5 Å². The fourth-order valence-electron chi connectivity index (χ4n) is 2.91. The first-order chi connectivity index (χ1) is 10.2. The maximum atomic E-state index is 12.8. The average Bonchev–Trinajstić information content (AvgIpc) is 2.45. The van der Waals surface area contributed by atoms with Crippen LogP contribution in [-0.2, 0) is 10.0 Å². The van der Waals surface area contributed by atoms with E-state index in [-0.39, 0.29) is 11.3 Å². The Labute approximate surface area is 132 Å². The number of likely N-dealkylation sites (tertiary alicyclic amines) is 1. The number of hydrogen-bond acceptors (Lipinski definition) is 3. The third kappa shape index (κ3) is 4.00. The van der Waals surface area contributed by atoms with E-state index in [9.17, 15) is 13.2 Å². The zero-order valence-corrected chi connectivity index (χ0v) is 14.2. The predicted octanol–water partition coefficient (Wildman–Crippen LogP) is 2.71. The minimum Gasteiger partial charge on any atom is -0.338 e. The summed E-state index contributed by atoms with van der Waals surface area (Å²) in [6.45, 7) is 5.79. The summed E-state index contributed by atoms with van der Waals surface area (Å²) in [5.41, 5.74) is 0.902. The van der Waals surface area contributed by atoms with E-state index in [1.807, 2.05) is 4.90 Å². The van der Waals surface area contributed by atoms with Crippen molar-refractivity contribution in [2.75, 3.05) is 24.1 Å². The molecule has 0 spiro atoms. The molecule has 1 N–H and O–H groups in total. The lowest BCUT2D eigenvalue weighted by Gasteiger charge is -2.40. The van der Waals surface area contributed by atoms with E-state index in [1.54, 1.807) is 24.3 Å². The number of para-hydroxylation sites is 1. The third-order valence-corrected chi connectivity index (χ3v) is 4.97. The van der Waals surface area contributed by atoms with Gasteiger partial charge in [0.25, 0.3) is 5.91 Å². The molecule has 0 aromatic heterocycles. The van der Waals surface area contributed by atoms with E-state index in [0.29, 0.717) is 11.3 Å². The molecule has 6 heteroatoms. The molecule has 2 rings (SSSR count). The normalized spacial score (nSPS) is 22.4. The molecule has 1 atom stereocenters. The minimum atomic E-state index is -3.41. The van der Waals surface area contributed by atoms with E-state index in [4.69, 9.17) is 0 Å². The molecule has 1 amide bonds. The first-order valence-electron chi connectivity index (χ1n) is 7.60. The van der Waals surface area contributed by atoms with Crippen LogP contribution in [0.1, 0.15) is 43.5 Å². The Balaban J connectivity index is 2.26. The summed E-state index contributed by atoms with van der Waals surface area (Å²) in [5.74, 6) is -0.105. The Bertz CT molecular complexity index is 657. The number of rotatable bonds is 4. The summed E-state index contributed by atoms with van der Waals surface area (Å²) >= 11 is 0. The van der Waals surface area contributed by atoms with Gasteiger partial charge in [0.1, 0.15) is 0 Å². The highest BCUT2D eigenvalue weighted by atomic mass is 32.2. The van der Waals surface area contributed by atoms with E-state index < -0.39 is 10.0 Å². The van der Waals surface area contributed by atoms with E-state index >= 15 is 0 Å². The Morgan fingerprint density at radius 2 is 2.05 bits per heavy atom. The Morgan fingerprint density at radius 3 is 2.68 bits per heavy atom. The van der Waals surface area contributed by atoms with Crippen LogP contribution in [0.25, 0.3) is 0 Å². The third-order valence-electron chi connectivity index (χ3n) is 4.37. The van der Waals surface area contributed by atoms with Crippen LogP contribution in [-0.4, -0.2) is 38.6 Å². The lowest BCUT2D eigenvalue weighted by Crippen LogP contribution is -2.44. The highest BCUT2D eigenvalue weighted by Crippen LogP contribution is 2.33. The maximum absolute atomic E-state index is 12.8. The lowest BCUT2D eigenvalue weighted by atomic mass is 9.79. The molecule has 1 aliphatic rings. The summed E-state index contributed by atoms with van der Waals surface area (Å²) in [7, 11) is -3.41. The summed E-state index contributed by atoms with van der Waals surface area (Å²) in [6.07, 6.45) is 4.22. The van der Waals surface area contributed by atoms with Crippen LogP contribution in [0, 0.1) is 5.41 Å². The zero-order chi connectivity index (χ0) is 16.4. The van der Waals surface area contributed by atoms with Gasteiger partial charge in [-0.1, -0.05) is 26.0 Å². The molecule has 0 radical (unpaired) electrons. The molecule has 0 bridgehead atoms. The number of piperidine rings is 1. The SMILES string of the molecule is CCC1(C)CCCN(C(=O)c2ccccc2NS(C)(=O)=O)C1. The first kappa shape index (κ1) is 16.8. The van der Waals surface area contributed by atoms with Gasteiger partial charge < -0.3 is 4.90 Å². The molecule has 22 heavy (non-hydrogen) atoms. The summed E-state index contributed by atoms with van der Waals surface area (Å²) in [6, 6.07) is 6.77. The van der Waals surface area contributed by atoms with Crippen molar-refractivity contribution in [2.24, 2.45) is 5.41 Å². The largest absolute Gasteiger partial charge is 0.338 e. The summed E-state index contributed by atoms with van der Waals surface area (Å²) in [4.78, 5) is 14.6. The van der Waals surface area contributed by atoms with E-state index in [0.717, 1.165) is 38.6 Å². The number of hydrogen-bond donors (Lipinski definition) is 1. The predicted molar refractivity (Wildman–Crippen MR) is 88.4 cm³/mol. The Hall–Kier alpha value is -1.56. The number of carbonyl (C=O) groups is 1. The van der Waals surface area contributed by atoms with Crippen LogP contribution < -0.4 is 4.72 Å². The van der Waals surface area contributed by atoms with Gasteiger partial charge in [0.15, 0.2) is 0 Å². The van der Waals surface area contributed by atoms with Crippen LogP contribution >= 0.6 is 0 Å². The standard InChI is InChI=1S/C16H24N2O3S/c1-4-16(2)10-7-11-18(12-16)15(19)13-8-5-6-9-14(13)17-22(3,20)21/h5-6,8-9,17H,4,7,10-12H2,1-3H3. The van der Waals surface area contributed by atoms with Gasteiger partial charge in [-0.25, -0.2) is 8.42 Å². The Morgan fingerprint density at radius 1 is 1.36 bits per heavy atom. The monoisotopic (exact) mass is 324 g/mol. The summed E-state index contributed by atoms with van der Waals surface area (Å²) < 4.78 is 25.4. The summed E-state index contributed by atoms with van der Waals surface area (Å²) in [5, 5.41) is 0. The van der Waals surface area contributed by atoms with Gasteiger partial charge in [-0.05, 0) is 36.8 Å². The number of carbonyl (C=O) groups excluding carboxylic acids is 1. The van der Waals surface area contributed by atoms with Crippen LogP contribution in [0.15, 0.2) is 24.3 Å². The first-order valence-corrected chi connectivity index (χ1v) is 9.49. The molecule has 1 unspecified atom stereocenters. The molecule has 1 fully saturated rings. The molecule has 1 heterocycles. The highest BCUT2D eigenvalue weighted by Gasteiger charge is 2.32. The fourth-order valence-corrected chi connectivity index (χ4v) is 3.48. The van der Waals surface area contributed by atoms with Crippen LogP contribution in [0.2, 0.25) is 0 Å². The van der Waals surface area contributed by atoms with E-state index in [2.05, 4.69) is 18.6 Å². The van der Waals surface area contributed by atoms with Crippen molar-refractivity contribution >= 4 is 21.6 Å². The molecule has 1 aromatic carbocycles. The van der Waals surface area contributed by atoms with E-state index in [1.165, 1.54) is 0 Å². The molecule has 122 valence electrons. The van der Waals surface area contributed by atoms with Gasteiger partial charge in [-0.15, -0.1) is 0 Å². The van der Waals surface area contributed by atoms with Crippen LogP contribution in [0.3, 0.4) is 0 Å². The molecule has 1 aromatic rings. The van der Waals surface area contributed by atoms with Crippen LogP contribution in [0.4, 0.5) is 5.69 Å². The number of nitrogens with zero attached hydrogens (tertiary/aromatic N) is 1. The fraction of sp³-hybridized carbons (Fsp3) is 0.562. The molecular weight excluding hydrogens is 300 g/mol. The smallest absolute Gasteiger partial charge is 0.256 e. The number of anilines is 1. The maximum Gasteiger partial charge on any atom is 0.256 e. The second-order valence-corrected chi connectivity index (χ2v) is 8.16. The highest BCUT2D eigenvalue weighted by molar-refractivity contribution is 7.92. The average molecular weight is 324 g/mol. The Kier molecular flexibility index (Phi) is 4.80. The van der Waals surface area contributed by atoms with Crippen molar-refractivity contribution in [2.45, 2.75) is 33.1 Å².